The molecule has 2 heterocycles. The Balaban J connectivity index is 2.08. The number of hydrogen-bond donors (Lipinski definition) is 0. The van der Waals surface area contributed by atoms with Gasteiger partial charge in [-0.05, 0) is 37.1 Å². The lowest BCUT2D eigenvalue weighted by Gasteiger charge is -2.18. The quantitative estimate of drug-likeness (QED) is 0.810. The molecule has 1 aromatic carbocycles. The minimum atomic E-state index is -2.60. The molecule has 0 bridgehead atoms. The van der Waals surface area contributed by atoms with Crippen molar-refractivity contribution in [2.75, 3.05) is 18.0 Å². The summed E-state index contributed by atoms with van der Waals surface area (Å²) in [6.07, 6.45) is -0.219. The Morgan fingerprint density at radius 3 is 2.58 bits per heavy atom. The molecule has 0 radical (unpaired) electrons. The Morgan fingerprint density at radius 2 is 1.89 bits per heavy atom. The van der Waals surface area contributed by atoms with Gasteiger partial charge in [-0.3, -0.25) is 0 Å². The van der Waals surface area contributed by atoms with Gasteiger partial charge in [-0.2, -0.15) is 0 Å². The summed E-state index contributed by atoms with van der Waals surface area (Å²) in [7, 11) is 0. The fourth-order valence-electron chi connectivity index (χ4n) is 2.48. The maximum absolute atomic E-state index is 12.7. The Labute approximate surface area is 115 Å². The molecular weight excluding hydrogens is 270 g/mol. The average Bonchev–Trinajstić information content (AvgIpc) is 2.92. The summed E-state index contributed by atoms with van der Waals surface area (Å²) in [5.41, 5.74) is 1.33. The first kappa shape index (κ1) is 12.6. The Bertz CT molecular complexity index is 610. The molecule has 0 unspecified atom stereocenters. The summed E-state index contributed by atoms with van der Waals surface area (Å²) >= 11 is 6.09. The highest BCUT2D eigenvalue weighted by Gasteiger charge is 2.15. The van der Waals surface area contributed by atoms with Crippen molar-refractivity contribution in [1.82, 2.24) is 4.98 Å². The standard InChI is InChI=1S/C14H13ClF2N2/c15-11-8-13(14(16)17)18-12-4-3-9(7-10(11)12)19-5-1-2-6-19/h3-4,7-8,14H,1-2,5-6H2. The molecule has 0 saturated carbocycles. The maximum Gasteiger partial charge on any atom is 0.280 e. The van der Waals surface area contributed by atoms with E-state index in [2.05, 4.69) is 9.88 Å². The topological polar surface area (TPSA) is 16.1 Å². The molecular formula is C14H13ClF2N2. The lowest BCUT2D eigenvalue weighted by atomic mass is 10.1. The van der Waals surface area contributed by atoms with Gasteiger partial charge in [0, 0.05) is 24.2 Å². The van der Waals surface area contributed by atoms with Crippen LogP contribution < -0.4 is 4.90 Å². The van der Waals surface area contributed by atoms with Crippen LogP contribution in [-0.4, -0.2) is 18.1 Å². The predicted molar refractivity (Wildman–Crippen MR) is 73.2 cm³/mol. The van der Waals surface area contributed by atoms with Crippen LogP contribution >= 0.6 is 11.6 Å². The zero-order valence-corrected chi connectivity index (χ0v) is 11.0. The molecule has 19 heavy (non-hydrogen) atoms. The number of pyridine rings is 1. The molecule has 1 aromatic heterocycles. The van der Waals surface area contributed by atoms with Crippen molar-refractivity contribution in [2.24, 2.45) is 0 Å². The van der Waals surface area contributed by atoms with Gasteiger partial charge in [-0.1, -0.05) is 11.6 Å². The van der Waals surface area contributed by atoms with Crippen LogP contribution in [0.5, 0.6) is 0 Å². The number of halogens is 3. The van der Waals surface area contributed by atoms with Crippen molar-refractivity contribution in [3.8, 4) is 0 Å². The molecule has 5 heteroatoms. The zero-order valence-electron chi connectivity index (χ0n) is 10.2. The first-order chi connectivity index (χ1) is 9.15. The second kappa shape index (κ2) is 4.93. The Kier molecular flexibility index (Phi) is 3.27. The maximum atomic E-state index is 12.7. The normalized spacial score (nSPS) is 15.7. The molecule has 1 saturated heterocycles. The minimum absolute atomic E-state index is 0.272. The zero-order chi connectivity index (χ0) is 13.4. The molecule has 1 aliphatic heterocycles. The van der Waals surface area contributed by atoms with Gasteiger partial charge in [0.05, 0.1) is 10.5 Å². The van der Waals surface area contributed by atoms with E-state index in [1.54, 1.807) is 6.07 Å². The number of fused-ring (bicyclic) bond motifs is 1. The van der Waals surface area contributed by atoms with E-state index in [-0.39, 0.29) is 5.69 Å². The molecule has 1 aliphatic rings. The van der Waals surface area contributed by atoms with Crippen LogP contribution in [0, 0.1) is 0 Å². The number of benzene rings is 1. The predicted octanol–water partition coefficient (Wildman–Crippen LogP) is 4.43. The molecule has 100 valence electrons. The third-order valence-electron chi connectivity index (χ3n) is 3.46. The van der Waals surface area contributed by atoms with Gasteiger partial charge in [0.15, 0.2) is 0 Å². The van der Waals surface area contributed by atoms with E-state index in [0.717, 1.165) is 24.2 Å². The Hall–Kier alpha value is -1.42. The van der Waals surface area contributed by atoms with Gasteiger partial charge < -0.3 is 4.90 Å². The summed E-state index contributed by atoms with van der Waals surface area (Å²) in [5.74, 6) is 0. The largest absolute Gasteiger partial charge is 0.372 e. The van der Waals surface area contributed by atoms with E-state index in [0.29, 0.717) is 10.5 Å². The smallest absolute Gasteiger partial charge is 0.280 e. The van der Waals surface area contributed by atoms with E-state index < -0.39 is 6.43 Å². The van der Waals surface area contributed by atoms with E-state index in [4.69, 9.17) is 11.6 Å². The lowest BCUT2D eigenvalue weighted by Crippen LogP contribution is -2.17. The molecule has 0 atom stereocenters. The number of hydrogen-bond acceptors (Lipinski definition) is 2. The van der Waals surface area contributed by atoms with Crippen molar-refractivity contribution in [2.45, 2.75) is 19.3 Å². The second-order valence-corrected chi connectivity index (χ2v) is 5.13. The van der Waals surface area contributed by atoms with E-state index in [1.807, 2.05) is 12.1 Å². The third kappa shape index (κ3) is 2.37. The highest BCUT2D eigenvalue weighted by molar-refractivity contribution is 6.35. The molecule has 0 aliphatic carbocycles. The first-order valence-corrected chi connectivity index (χ1v) is 6.66. The van der Waals surface area contributed by atoms with Crippen molar-refractivity contribution in [3.63, 3.8) is 0 Å². The van der Waals surface area contributed by atoms with Gasteiger partial charge >= 0.3 is 0 Å². The fourth-order valence-corrected chi connectivity index (χ4v) is 2.74. The fraction of sp³-hybridized carbons (Fsp3) is 0.357. The summed E-state index contributed by atoms with van der Waals surface area (Å²) in [6.45, 7) is 2.07. The van der Waals surface area contributed by atoms with E-state index >= 15 is 0 Å². The number of nitrogens with zero attached hydrogens (tertiary/aromatic N) is 2. The monoisotopic (exact) mass is 282 g/mol. The van der Waals surface area contributed by atoms with Crippen LogP contribution in [0.3, 0.4) is 0 Å². The molecule has 2 nitrogen and oxygen atoms in total. The summed E-state index contributed by atoms with van der Waals surface area (Å²) < 4.78 is 25.3. The van der Waals surface area contributed by atoms with Crippen LogP contribution in [0.2, 0.25) is 5.02 Å². The van der Waals surface area contributed by atoms with Gasteiger partial charge in [0.2, 0.25) is 0 Å². The summed E-state index contributed by atoms with van der Waals surface area (Å²) in [5, 5.41) is 1.07. The van der Waals surface area contributed by atoms with Crippen LogP contribution in [0.25, 0.3) is 10.9 Å². The number of aromatic nitrogens is 1. The SMILES string of the molecule is FC(F)c1cc(Cl)c2cc(N3CCCC3)ccc2n1. The van der Waals surface area contributed by atoms with Gasteiger partial charge in [0.1, 0.15) is 5.69 Å². The van der Waals surface area contributed by atoms with Gasteiger partial charge in [-0.25, -0.2) is 13.8 Å². The van der Waals surface area contributed by atoms with Gasteiger partial charge in [0.25, 0.3) is 6.43 Å². The van der Waals surface area contributed by atoms with Crippen molar-refractivity contribution >= 4 is 28.2 Å². The molecule has 0 amide bonds. The van der Waals surface area contributed by atoms with Crippen molar-refractivity contribution in [1.29, 1.82) is 0 Å². The summed E-state index contributed by atoms with van der Waals surface area (Å²) in [4.78, 5) is 6.22. The van der Waals surface area contributed by atoms with Crippen molar-refractivity contribution < 1.29 is 8.78 Å². The first-order valence-electron chi connectivity index (χ1n) is 6.28. The second-order valence-electron chi connectivity index (χ2n) is 4.73. The van der Waals surface area contributed by atoms with Crippen LogP contribution in [0.15, 0.2) is 24.3 Å². The molecule has 2 aromatic rings. The number of rotatable bonds is 2. The van der Waals surface area contributed by atoms with E-state index in [9.17, 15) is 8.78 Å². The highest BCUT2D eigenvalue weighted by atomic mass is 35.5. The molecule has 0 spiro atoms. The number of alkyl halides is 2. The van der Waals surface area contributed by atoms with Crippen molar-refractivity contribution in [3.05, 3.63) is 35.0 Å². The average molecular weight is 283 g/mol. The Morgan fingerprint density at radius 1 is 1.16 bits per heavy atom. The summed E-state index contributed by atoms with van der Waals surface area (Å²) in [6, 6.07) is 6.88. The molecule has 3 rings (SSSR count). The van der Waals surface area contributed by atoms with Gasteiger partial charge in [-0.15, -0.1) is 0 Å². The van der Waals surface area contributed by atoms with Crippen LogP contribution in [0.4, 0.5) is 14.5 Å². The minimum Gasteiger partial charge on any atom is -0.372 e. The molecule has 1 fully saturated rings. The van der Waals surface area contributed by atoms with Crippen LogP contribution in [0.1, 0.15) is 25.0 Å². The molecule has 0 N–H and O–H groups in total. The van der Waals surface area contributed by atoms with Crippen LogP contribution in [-0.2, 0) is 0 Å². The highest BCUT2D eigenvalue weighted by Crippen LogP contribution is 2.31. The lowest BCUT2D eigenvalue weighted by molar-refractivity contribution is 0.146. The number of anilines is 1. The third-order valence-corrected chi connectivity index (χ3v) is 3.77. The van der Waals surface area contributed by atoms with E-state index in [1.165, 1.54) is 18.9 Å².